The molecule has 0 amide bonds. The van der Waals surface area contributed by atoms with Gasteiger partial charge in [-0.1, -0.05) is 0 Å². The van der Waals surface area contributed by atoms with E-state index in [2.05, 4.69) is 10.1 Å². The summed E-state index contributed by atoms with van der Waals surface area (Å²) < 4.78 is 14.7. The summed E-state index contributed by atoms with van der Waals surface area (Å²) in [5.74, 6) is -1.28. The third-order valence-electron chi connectivity index (χ3n) is 3.18. The van der Waals surface area contributed by atoms with Crippen molar-refractivity contribution in [3.8, 4) is 0 Å². The van der Waals surface area contributed by atoms with Crippen LogP contribution in [-0.2, 0) is 16.1 Å². The number of carbonyl (C=O) groups is 2. The second-order valence-corrected chi connectivity index (χ2v) is 4.56. The van der Waals surface area contributed by atoms with Crippen molar-refractivity contribution in [2.45, 2.75) is 6.61 Å². The summed E-state index contributed by atoms with van der Waals surface area (Å²) in [7, 11) is 2.75. The van der Waals surface area contributed by atoms with Crippen LogP contribution in [0.4, 0.5) is 11.4 Å². The maximum atomic E-state index is 12.0. The van der Waals surface area contributed by atoms with E-state index in [1.807, 2.05) is 0 Å². The van der Waals surface area contributed by atoms with Gasteiger partial charge in [-0.3, -0.25) is 10.1 Å². The van der Waals surface area contributed by atoms with Crippen LogP contribution in [0.5, 0.6) is 0 Å². The minimum absolute atomic E-state index is 0.00636. The number of furan rings is 1. The number of nitro benzene ring substituents is 1. The molecule has 0 aliphatic rings. The minimum atomic E-state index is -0.784. The number of nitrogens with one attached hydrogen (secondary N) is 1. The lowest BCUT2D eigenvalue weighted by Crippen LogP contribution is -2.09. The van der Waals surface area contributed by atoms with Crippen molar-refractivity contribution in [3.05, 3.63) is 57.5 Å². The van der Waals surface area contributed by atoms with Crippen LogP contribution >= 0.6 is 0 Å². The van der Waals surface area contributed by atoms with E-state index in [0.29, 0.717) is 0 Å². The number of methoxy groups -OCH3 is 1. The van der Waals surface area contributed by atoms with Gasteiger partial charge in [-0.15, -0.1) is 0 Å². The summed E-state index contributed by atoms with van der Waals surface area (Å²) >= 11 is 0. The Morgan fingerprint density at radius 2 is 2.04 bits per heavy atom. The molecule has 0 aliphatic heterocycles. The molecule has 126 valence electrons. The van der Waals surface area contributed by atoms with Crippen molar-refractivity contribution >= 4 is 23.3 Å². The number of nitro groups is 1. The van der Waals surface area contributed by atoms with Gasteiger partial charge in [-0.2, -0.15) is 0 Å². The lowest BCUT2D eigenvalue weighted by atomic mass is 10.1. The summed E-state index contributed by atoms with van der Waals surface area (Å²) in [6.07, 6.45) is 1.27. The van der Waals surface area contributed by atoms with E-state index in [0.717, 1.165) is 6.07 Å². The molecule has 9 heteroatoms. The van der Waals surface area contributed by atoms with E-state index in [4.69, 9.17) is 9.15 Å². The fourth-order valence-corrected chi connectivity index (χ4v) is 1.98. The molecule has 1 N–H and O–H groups in total. The fraction of sp³-hybridized carbons (Fsp3) is 0.200. The molecule has 0 bridgehead atoms. The van der Waals surface area contributed by atoms with E-state index < -0.39 is 16.9 Å². The lowest BCUT2D eigenvalue weighted by Gasteiger charge is -2.06. The molecule has 1 heterocycles. The van der Waals surface area contributed by atoms with Gasteiger partial charge in [-0.05, 0) is 18.2 Å². The Morgan fingerprint density at radius 3 is 2.67 bits per heavy atom. The molecule has 2 aromatic rings. The highest BCUT2D eigenvalue weighted by Gasteiger charge is 2.20. The van der Waals surface area contributed by atoms with E-state index >= 15 is 0 Å². The molecule has 1 aromatic carbocycles. The largest absolute Gasteiger partial charge is 0.465 e. The smallest absolute Gasteiger partial charge is 0.341 e. The Hall–Kier alpha value is -3.36. The van der Waals surface area contributed by atoms with Gasteiger partial charge in [0.1, 0.15) is 11.3 Å². The molecule has 0 aliphatic carbocycles. The first-order valence-electron chi connectivity index (χ1n) is 6.76. The van der Waals surface area contributed by atoms with Gasteiger partial charge in [-0.25, -0.2) is 9.59 Å². The Bertz CT molecular complexity index is 782. The number of nitrogens with zero attached hydrogens (tertiary/aromatic N) is 1. The average molecular weight is 334 g/mol. The standard InChI is InChI=1S/C15H14N2O7/c1-16-11-4-3-9(7-12(11)17(20)21)14(18)24-8-13-10(5-6-23-13)15(19)22-2/h3-7,16H,8H2,1-2H3. The van der Waals surface area contributed by atoms with Gasteiger partial charge in [0.05, 0.1) is 23.9 Å². The quantitative estimate of drug-likeness (QED) is 0.485. The number of anilines is 1. The highest BCUT2D eigenvalue weighted by Crippen LogP contribution is 2.25. The highest BCUT2D eigenvalue weighted by molar-refractivity contribution is 5.92. The average Bonchev–Trinajstić information content (AvgIpc) is 3.06. The maximum absolute atomic E-state index is 12.0. The van der Waals surface area contributed by atoms with Crippen molar-refractivity contribution in [3.63, 3.8) is 0 Å². The van der Waals surface area contributed by atoms with Gasteiger partial charge in [0.2, 0.25) is 0 Å². The molecule has 1 aromatic heterocycles. The van der Waals surface area contributed by atoms with Crippen LogP contribution in [0.3, 0.4) is 0 Å². The Kier molecular flexibility index (Phi) is 5.15. The van der Waals surface area contributed by atoms with Crippen LogP contribution in [-0.4, -0.2) is 31.0 Å². The molecular formula is C15H14N2O7. The lowest BCUT2D eigenvalue weighted by molar-refractivity contribution is -0.384. The predicted molar refractivity (Wildman–Crippen MR) is 81.8 cm³/mol. The summed E-state index contributed by atoms with van der Waals surface area (Å²) in [6.45, 7) is -0.308. The normalized spacial score (nSPS) is 10.1. The van der Waals surface area contributed by atoms with Crippen molar-refractivity contribution < 1.29 is 28.4 Å². The summed E-state index contributed by atoms with van der Waals surface area (Å²) in [4.78, 5) is 33.9. The molecule has 0 unspecified atom stereocenters. The maximum Gasteiger partial charge on any atom is 0.341 e. The van der Waals surface area contributed by atoms with Crippen LogP contribution in [0.15, 0.2) is 34.9 Å². The van der Waals surface area contributed by atoms with Gasteiger partial charge >= 0.3 is 11.9 Å². The van der Waals surface area contributed by atoms with Crippen molar-refractivity contribution in [2.75, 3.05) is 19.5 Å². The number of rotatable bonds is 6. The van der Waals surface area contributed by atoms with Crippen LogP contribution in [0.1, 0.15) is 26.5 Å². The van der Waals surface area contributed by atoms with E-state index in [1.165, 1.54) is 38.6 Å². The number of carbonyl (C=O) groups excluding carboxylic acids is 2. The van der Waals surface area contributed by atoms with Crippen LogP contribution in [0.2, 0.25) is 0 Å². The van der Waals surface area contributed by atoms with Crippen molar-refractivity contribution in [2.24, 2.45) is 0 Å². The Morgan fingerprint density at radius 1 is 1.29 bits per heavy atom. The summed E-state index contributed by atoms with van der Waals surface area (Å²) in [5, 5.41) is 13.7. The van der Waals surface area contributed by atoms with Crippen LogP contribution in [0, 0.1) is 10.1 Å². The zero-order valence-electron chi connectivity index (χ0n) is 12.9. The SMILES string of the molecule is CNc1ccc(C(=O)OCc2occc2C(=O)OC)cc1[N+](=O)[O-]. The van der Waals surface area contributed by atoms with E-state index in [1.54, 1.807) is 0 Å². The number of hydrogen-bond donors (Lipinski definition) is 1. The molecule has 0 spiro atoms. The van der Waals surface area contributed by atoms with Gasteiger partial charge in [0.25, 0.3) is 5.69 Å². The number of ether oxygens (including phenoxy) is 2. The van der Waals surface area contributed by atoms with Crippen molar-refractivity contribution in [1.29, 1.82) is 0 Å². The predicted octanol–water partition coefficient (Wildman–Crippen LogP) is 2.37. The topological polar surface area (TPSA) is 121 Å². The number of benzene rings is 1. The second kappa shape index (κ2) is 7.27. The van der Waals surface area contributed by atoms with Gasteiger partial charge < -0.3 is 19.2 Å². The molecule has 0 saturated heterocycles. The van der Waals surface area contributed by atoms with Crippen molar-refractivity contribution in [1.82, 2.24) is 0 Å². The first kappa shape index (κ1) is 17.0. The first-order chi connectivity index (χ1) is 11.5. The van der Waals surface area contributed by atoms with E-state index in [9.17, 15) is 19.7 Å². The molecule has 0 saturated carbocycles. The third kappa shape index (κ3) is 3.51. The number of esters is 2. The molecule has 0 radical (unpaired) electrons. The molecule has 24 heavy (non-hydrogen) atoms. The second-order valence-electron chi connectivity index (χ2n) is 4.56. The zero-order valence-corrected chi connectivity index (χ0v) is 12.9. The Labute approximate surface area is 136 Å². The fourth-order valence-electron chi connectivity index (χ4n) is 1.98. The monoisotopic (exact) mass is 334 g/mol. The third-order valence-corrected chi connectivity index (χ3v) is 3.18. The highest BCUT2D eigenvalue weighted by atomic mass is 16.6. The molecule has 2 rings (SSSR count). The van der Waals surface area contributed by atoms with E-state index in [-0.39, 0.29) is 34.9 Å². The van der Waals surface area contributed by atoms with Crippen LogP contribution in [0.25, 0.3) is 0 Å². The summed E-state index contributed by atoms with van der Waals surface area (Å²) in [6, 6.07) is 5.30. The summed E-state index contributed by atoms with van der Waals surface area (Å²) in [5.41, 5.74) is 0.171. The number of hydrogen-bond acceptors (Lipinski definition) is 8. The molecule has 0 fully saturated rings. The Balaban J connectivity index is 2.14. The molecule has 0 atom stereocenters. The zero-order chi connectivity index (χ0) is 17.7. The first-order valence-corrected chi connectivity index (χ1v) is 6.76. The minimum Gasteiger partial charge on any atom is -0.465 e. The van der Waals surface area contributed by atoms with Gasteiger partial charge in [0, 0.05) is 13.1 Å². The van der Waals surface area contributed by atoms with Crippen LogP contribution < -0.4 is 5.32 Å². The van der Waals surface area contributed by atoms with Gasteiger partial charge in [0.15, 0.2) is 12.4 Å². The molecule has 9 nitrogen and oxygen atoms in total. The molecular weight excluding hydrogens is 320 g/mol.